The lowest BCUT2D eigenvalue weighted by atomic mass is 10.0. The molecule has 0 saturated carbocycles. The van der Waals surface area contributed by atoms with Gasteiger partial charge in [0.15, 0.2) is 0 Å². The van der Waals surface area contributed by atoms with Crippen LogP contribution >= 0.6 is 0 Å². The third kappa shape index (κ3) is 4.42. The molecule has 0 aliphatic rings. The summed E-state index contributed by atoms with van der Waals surface area (Å²) in [6.45, 7) is 2.23. The van der Waals surface area contributed by atoms with Gasteiger partial charge in [0, 0.05) is 19.3 Å². The SMILES string of the molecule is CCCC(CCCc1cn(C)nn1)NC. The zero-order valence-corrected chi connectivity index (χ0v) is 10.0. The van der Waals surface area contributed by atoms with Crippen LogP contribution in [0.25, 0.3) is 0 Å². The summed E-state index contributed by atoms with van der Waals surface area (Å²) < 4.78 is 1.76. The van der Waals surface area contributed by atoms with Gasteiger partial charge in [0.1, 0.15) is 0 Å². The number of hydrogen-bond acceptors (Lipinski definition) is 3. The zero-order valence-electron chi connectivity index (χ0n) is 10.0. The van der Waals surface area contributed by atoms with Crippen molar-refractivity contribution in [2.24, 2.45) is 7.05 Å². The predicted octanol–water partition coefficient (Wildman–Crippen LogP) is 1.53. The molecule has 0 radical (unpaired) electrons. The van der Waals surface area contributed by atoms with E-state index in [0.717, 1.165) is 12.1 Å². The Morgan fingerprint density at radius 2 is 2.27 bits per heavy atom. The van der Waals surface area contributed by atoms with Gasteiger partial charge in [-0.05, 0) is 32.7 Å². The second kappa shape index (κ2) is 6.56. The van der Waals surface area contributed by atoms with E-state index in [9.17, 15) is 0 Å². The summed E-state index contributed by atoms with van der Waals surface area (Å²) in [5.41, 5.74) is 1.10. The second-order valence-corrected chi connectivity index (χ2v) is 4.05. The van der Waals surface area contributed by atoms with Crippen molar-refractivity contribution < 1.29 is 0 Å². The minimum atomic E-state index is 0.659. The fourth-order valence-corrected chi connectivity index (χ4v) is 1.82. The Balaban J connectivity index is 2.20. The van der Waals surface area contributed by atoms with Crippen molar-refractivity contribution in [1.82, 2.24) is 20.3 Å². The molecule has 0 saturated heterocycles. The lowest BCUT2D eigenvalue weighted by molar-refractivity contribution is 0.468. The van der Waals surface area contributed by atoms with E-state index in [0.29, 0.717) is 6.04 Å². The van der Waals surface area contributed by atoms with Gasteiger partial charge in [-0.25, -0.2) is 0 Å². The molecule has 0 aromatic carbocycles. The van der Waals surface area contributed by atoms with E-state index in [1.54, 1.807) is 4.68 Å². The van der Waals surface area contributed by atoms with Crippen molar-refractivity contribution in [1.29, 1.82) is 0 Å². The van der Waals surface area contributed by atoms with E-state index in [2.05, 4.69) is 22.6 Å². The average Bonchev–Trinajstić information content (AvgIpc) is 2.63. The molecule has 0 fully saturated rings. The molecule has 1 aromatic rings. The smallest absolute Gasteiger partial charge is 0.0827 e. The third-order valence-corrected chi connectivity index (χ3v) is 2.68. The fraction of sp³-hybridized carbons (Fsp3) is 0.818. The van der Waals surface area contributed by atoms with Gasteiger partial charge in [-0.3, -0.25) is 4.68 Å². The Morgan fingerprint density at radius 3 is 2.80 bits per heavy atom. The van der Waals surface area contributed by atoms with E-state index in [1.807, 2.05) is 20.3 Å². The summed E-state index contributed by atoms with van der Waals surface area (Å²) in [7, 11) is 3.95. The van der Waals surface area contributed by atoms with Crippen molar-refractivity contribution in [2.45, 2.75) is 45.1 Å². The maximum atomic E-state index is 4.08. The van der Waals surface area contributed by atoms with Crippen LogP contribution in [0.3, 0.4) is 0 Å². The fourth-order valence-electron chi connectivity index (χ4n) is 1.82. The summed E-state index contributed by atoms with van der Waals surface area (Å²) in [5.74, 6) is 0. The minimum absolute atomic E-state index is 0.659. The summed E-state index contributed by atoms with van der Waals surface area (Å²) in [6.07, 6.45) is 7.95. The summed E-state index contributed by atoms with van der Waals surface area (Å²) in [4.78, 5) is 0. The molecule has 0 amide bonds. The van der Waals surface area contributed by atoms with Crippen LogP contribution < -0.4 is 5.32 Å². The van der Waals surface area contributed by atoms with Gasteiger partial charge in [0.2, 0.25) is 0 Å². The van der Waals surface area contributed by atoms with Crippen LogP contribution in [0, 0.1) is 0 Å². The summed E-state index contributed by atoms with van der Waals surface area (Å²) in [5, 5.41) is 11.4. The van der Waals surface area contributed by atoms with Crippen LogP contribution in [0.1, 0.15) is 38.3 Å². The number of hydrogen-bond donors (Lipinski definition) is 1. The number of nitrogens with zero attached hydrogens (tertiary/aromatic N) is 3. The lowest BCUT2D eigenvalue weighted by Gasteiger charge is -2.14. The predicted molar refractivity (Wildman–Crippen MR) is 61.7 cm³/mol. The molecule has 4 heteroatoms. The van der Waals surface area contributed by atoms with Crippen LogP contribution in [-0.4, -0.2) is 28.1 Å². The summed E-state index contributed by atoms with van der Waals surface area (Å²) >= 11 is 0. The van der Waals surface area contributed by atoms with Crippen molar-refractivity contribution in [3.63, 3.8) is 0 Å². The first-order chi connectivity index (χ1) is 7.26. The van der Waals surface area contributed by atoms with Gasteiger partial charge in [-0.15, -0.1) is 5.10 Å². The highest BCUT2D eigenvalue weighted by Gasteiger charge is 2.05. The number of aromatic nitrogens is 3. The molecule has 4 nitrogen and oxygen atoms in total. The van der Waals surface area contributed by atoms with Crippen molar-refractivity contribution in [2.75, 3.05) is 7.05 Å². The van der Waals surface area contributed by atoms with E-state index in [-0.39, 0.29) is 0 Å². The van der Waals surface area contributed by atoms with E-state index >= 15 is 0 Å². The van der Waals surface area contributed by atoms with Crippen LogP contribution in [0.5, 0.6) is 0 Å². The van der Waals surface area contributed by atoms with Crippen LogP contribution in [0.2, 0.25) is 0 Å². The Bertz CT molecular complexity index is 269. The first kappa shape index (κ1) is 12.2. The molecule has 0 bridgehead atoms. The first-order valence-corrected chi connectivity index (χ1v) is 5.78. The molecule has 1 rings (SSSR count). The van der Waals surface area contributed by atoms with E-state index < -0.39 is 0 Å². The molecule has 1 N–H and O–H groups in total. The molecule has 0 spiro atoms. The lowest BCUT2D eigenvalue weighted by Crippen LogP contribution is -2.24. The van der Waals surface area contributed by atoms with E-state index in [4.69, 9.17) is 0 Å². The van der Waals surface area contributed by atoms with Crippen molar-refractivity contribution in [3.05, 3.63) is 11.9 Å². The van der Waals surface area contributed by atoms with Gasteiger partial charge in [0.05, 0.1) is 5.69 Å². The normalized spacial score (nSPS) is 13.0. The van der Waals surface area contributed by atoms with Gasteiger partial charge < -0.3 is 5.32 Å². The van der Waals surface area contributed by atoms with Gasteiger partial charge in [-0.1, -0.05) is 18.6 Å². The quantitative estimate of drug-likeness (QED) is 0.742. The Kier molecular flexibility index (Phi) is 5.32. The molecule has 86 valence electrons. The van der Waals surface area contributed by atoms with Crippen LogP contribution in [-0.2, 0) is 13.5 Å². The van der Waals surface area contributed by atoms with Gasteiger partial charge >= 0.3 is 0 Å². The number of rotatable bonds is 7. The largest absolute Gasteiger partial charge is 0.317 e. The minimum Gasteiger partial charge on any atom is -0.317 e. The third-order valence-electron chi connectivity index (χ3n) is 2.68. The molecular weight excluding hydrogens is 188 g/mol. The number of nitrogens with one attached hydrogen (secondary N) is 1. The molecule has 1 aromatic heterocycles. The average molecular weight is 210 g/mol. The maximum Gasteiger partial charge on any atom is 0.0827 e. The topological polar surface area (TPSA) is 42.7 Å². The molecule has 0 aliphatic carbocycles. The second-order valence-electron chi connectivity index (χ2n) is 4.05. The molecular formula is C11H22N4. The van der Waals surface area contributed by atoms with Crippen molar-refractivity contribution in [3.8, 4) is 0 Å². The van der Waals surface area contributed by atoms with Gasteiger partial charge in [0.25, 0.3) is 0 Å². The Hall–Kier alpha value is -0.900. The van der Waals surface area contributed by atoms with Crippen molar-refractivity contribution >= 4 is 0 Å². The molecule has 1 atom stereocenters. The molecule has 15 heavy (non-hydrogen) atoms. The Morgan fingerprint density at radius 1 is 1.47 bits per heavy atom. The zero-order chi connectivity index (χ0) is 11.1. The summed E-state index contributed by atoms with van der Waals surface area (Å²) in [6, 6.07) is 0.659. The monoisotopic (exact) mass is 210 g/mol. The van der Waals surface area contributed by atoms with E-state index in [1.165, 1.54) is 25.7 Å². The van der Waals surface area contributed by atoms with Gasteiger partial charge in [-0.2, -0.15) is 0 Å². The maximum absolute atomic E-state index is 4.08. The Labute approximate surface area is 92.1 Å². The highest BCUT2D eigenvalue weighted by atomic mass is 15.4. The standard InChI is InChI=1S/C11H22N4/c1-4-6-10(12-2)7-5-8-11-9-15(3)14-13-11/h9-10,12H,4-8H2,1-3H3. The molecule has 1 unspecified atom stereocenters. The molecule has 0 aliphatic heterocycles. The number of aryl methyl sites for hydroxylation is 2. The highest BCUT2D eigenvalue weighted by Crippen LogP contribution is 2.07. The van der Waals surface area contributed by atoms with Crippen LogP contribution in [0.15, 0.2) is 6.20 Å². The first-order valence-electron chi connectivity index (χ1n) is 5.78. The molecule has 1 heterocycles. The van der Waals surface area contributed by atoms with Crippen LogP contribution in [0.4, 0.5) is 0 Å². The highest BCUT2D eigenvalue weighted by molar-refractivity contribution is 4.91.